The quantitative estimate of drug-likeness (QED) is 0.352. The molecule has 1 fully saturated rings. The van der Waals surface area contributed by atoms with E-state index in [2.05, 4.69) is 0 Å². The molecule has 32 heavy (non-hydrogen) atoms. The first-order valence-corrected chi connectivity index (χ1v) is 10.4. The van der Waals surface area contributed by atoms with Crippen molar-refractivity contribution in [3.05, 3.63) is 0 Å². The predicted octanol–water partition coefficient (Wildman–Crippen LogP) is 4.04. The van der Waals surface area contributed by atoms with Gasteiger partial charge in [-0.3, -0.25) is 0 Å². The van der Waals surface area contributed by atoms with Crippen molar-refractivity contribution in [2.24, 2.45) is 11.8 Å². The van der Waals surface area contributed by atoms with Gasteiger partial charge in [0, 0.05) is 12.8 Å². The number of hydrogen-bond donors (Lipinski definition) is 2. The molecule has 12 nitrogen and oxygen atoms in total. The summed E-state index contributed by atoms with van der Waals surface area (Å²) in [6.45, 7) is 7.99. The van der Waals surface area contributed by atoms with Gasteiger partial charge in [0.25, 0.3) is 0 Å². The highest BCUT2D eigenvalue weighted by molar-refractivity contribution is 5.62. The van der Waals surface area contributed by atoms with E-state index in [1.807, 2.05) is 27.7 Å². The molecule has 0 aromatic rings. The minimum absolute atomic E-state index is 0.103. The number of hydrogen-bond acceptors (Lipinski definition) is 10. The zero-order valence-corrected chi connectivity index (χ0v) is 18.7. The van der Waals surface area contributed by atoms with Gasteiger partial charge < -0.3 is 38.6 Å². The fraction of sp³-hybridized carbons (Fsp3) is 0.800. The van der Waals surface area contributed by atoms with Crippen molar-refractivity contribution in [2.75, 3.05) is 13.2 Å². The topological polar surface area (TPSA) is 164 Å². The number of carboxylic acid groups (broad SMARTS) is 2. The smallest absolute Gasteiger partial charge is 0.450 e. The Morgan fingerprint density at radius 1 is 0.656 bits per heavy atom. The Labute approximate surface area is 186 Å². The minimum Gasteiger partial charge on any atom is -0.450 e. The Morgan fingerprint density at radius 3 is 1.25 bits per heavy atom. The third-order valence-electron chi connectivity index (χ3n) is 4.59. The predicted molar refractivity (Wildman–Crippen MR) is 106 cm³/mol. The normalized spacial score (nSPS) is 22.7. The molecule has 1 rings (SSSR count). The molecule has 0 bridgehead atoms. The lowest BCUT2D eigenvalue weighted by Gasteiger charge is -2.37. The molecule has 0 saturated heterocycles. The van der Waals surface area contributed by atoms with Crippen LogP contribution in [0, 0.1) is 11.8 Å². The van der Waals surface area contributed by atoms with Crippen molar-refractivity contribution in [1.82, 2.24) is 0 Å². The molecule has 0 radical (unpaired) electrons. The van der Waals surface area contributed by atoms with Crippen LogP contribution >= 0.6 is 0 Å². The van der Waals surface area contributed by atoms with Gasteiger partial charge in [-0.05, 0) is 24.7 Å². The van der Waals surface area contributed by atoms with Crippen LogP contribution in [0.3, 0.4) is 0 Å². The standard InChI is InChI=1S/C20H32O12/c1-11(2)5-7-27-19(25)31-15-9-13(29-17(21)22)14(30-18(23)24)10-16(15)32-20(26)28-8-6-12(3)4/h11-16H,5-10H2,1-4H3,(H,21,22)(H,23,24). The summed E-state index contributed by atoms with van der Waals surface area (Å²) in [5.41, 5.74) is 0. The Bertz CT molecular complexity index is 578. The van der Waals surface area contributed by atoms with Gasteiger partial charge in [0.05, 0.1) is 13.2 Å². The molecule has 0 aromatic carbocycles. The van der Waals surface area contributed by atoms with E-state index in [1.165, 1.54) is 0 Å². The fourth-order valence-electron chi connectivity index (χ4n) is 2.89. The van der Waals surface area contributed by atoms with Gasteiger partial charge in [0.1, 0.15) is 24.4 Å². The Balaban J connectivity index is 2.88. The van der Waals surface area contributed by atoms with Crippen molar-refractivity contribution < 1.29 is 57.8 Å². The van der Waals surface area contributed by atoms with Crippen LogP contribution in [0.1, 0.15) is 53.4 Å². The highest BCUT2D eigenvalue weighted by Gasteiger charge is 2.46. The monoisotopic (exact) mass is 464 g/mol. The zero-order valence-electron chi connectivity index (χ0n) is 18.7. The summed E-state index contributed by atoms with van der Waals surface area (Å²) in [7, 11) is 0. The maximum absolute atomic E-state index is 12.1. The molecule has 184 valence electrons. The molecule has 2 N–H and O–H groups in total. The highest BCUT2D eigenvalue weighted by atomic mass is 16.8. The van der Waals surface area contributed by atoms with E-state index >= 15 is 0 Å². The maximum Gasteiger partial charge on any atom is 0.508 e. The molecule has 1 saturated carbocycles. The van der Waals surface area contributed by atoms with Gasteiger partial charge in [-0.15, -0.1) is 0 Å². The second-order valence-corrected chi connectivity index (χ2v) is 8.19. The van der Waals surface area contributed by atoms with E-state index in [-0.39, 0.29) is 37.9 Å². The Morgan fingerprint density at radius 2 is 0.969 bits per heavy atom. The fourth-order valence-corrected chi connectivity index (χ4v) is 2.89. The van der Waals surface area contributed by atoms with Crippen LogP contribution in [0.25, 0.3) is 0 Å². The number of carbonyl (C=O) groups is 4. The van der Waals surface area contributed by atoms with Crippen molar-refractivity contribution in [1.29, 1.82) is 0 Å². The highest BCUT2D eigenvalue weighted by Crippen LogP contribution is 2.30. The summed E-state index contributed by atoms with van der Waals surface area (Å²) in [5, 5.41) is 17.9. The summed E-state index contributed by atoms with van der Waals surface area (Å²) in [6.07, 6.45) is -9.74. The second kappa shape index (κ2) is 13.5. The molecule has 4 unspecified atom stereocenters. The maximum atomic E-state index is 12.1. The van der Waals surface area contributed by atoms with Crippen LogP contribution in [0.15, 0.2) is 0 Å². The van der Waals surface area contributed by atoms with E-state index in [4.69, 9.17) is 38.6 Å². The van der Waals surface area contributed by atoms with Crippen molar-refractivity contribution in [2.45, 2.75) is 77.8 Å². The van der Waals surface area contributed by atoms with E-state index < -0.39 is 49.0 Å². The van der Waals surface area contributed by atoms with Crippen molar-refractivity contribution in [3.8, 4) is 0 Å². The van der Waals surface area contributed by atoms with Crippen LogP contribution in [-0.4, -0.2) is 72.5 Å². The average Bonchev–Trinajstić information content (AvgIpc) is 2.63. The summed E-state index contributed by atoms with van der Waals surface area (Å²) in [4.78, 5) is 46.1. The van der Waals surface area contributed by atoms with Gasteiger partial charge in [-0.1, -0.05) is 27.7 Å². The van der Waals surface area contributed by atoms with Crippen LogP contribution in [0.2, 0.25) is 0 Å². The number of carbonyl (C=O) groups excluding carboxylic acids is 2. The summed E-state index contributed by atoms with van der Waals surface area (Å²) in [5.74, 6) is 0.577. The van der Waals surface area contributed by atoms with Gasteiger partial charge >= 0.3 is 24.6 Å². The molecule has 0 aliphatic heterocycles. The van der Waals surface area contributed by atoms with Crippen LogP contribution in [0.5, 0.6) is 0 Å². The van der Waals surface area contributed by atoms with Gasteiger partial charge in [-0.2, -0.15) is 0 Å². The Kier molecular flexibility index (Phi) is 11.4. The summed E-state index contributed by atoms with van der Waals surface area (Å²) < 4.78 is 29.8. The van der Waals surface area contributed by atoms with E-state index in [9.17, 15) is 19.2 Å². The molecule has 1 aliphatic carbocycles. The van der Waals surface area contributed by atoms with Gasteiger partial charge in [0.15, 0.2) is 0 Å². The number of ether oxygens (including phenoxy) is 6. The lowest BCUT2D eigenvalue weighted by molar-refractivity contribution is -0.139. The first kappa shape index (κ1) is 27.1. The largest absolute Gasteiger partial charge is 0.508 e. The lowest BCUT2D eigenvalue weighted by Crippen LogP contribution is -2.51. The number of rotatable bonds is 10. The van der Waals surface area contributed by atoms with Gasteiger partial charge in [0.2, 0.25) is 0 Å². The SMILES string of the molecule is CC(C)CCOC(=O)OC1CC(OC(=O)O)C(OC(=O)O)CC1OC(=O)OCCC(C)C. The second-order valence-electron chi connectivity index (χ2n) is 8.19. The molecular formula is C20H32O12. The first-order chi connectivity index (χ1) is 15.0. The van der Waals surface area contributed by atoms with Gasteiger partial charge in [-0.25, -0.2) is 19.2 Å². The third kappa shape index (κ3) is 10.9. The minimum atomic E-state index is -1.67. The molecule has 4 atom stereocenters. The van der Waals surface area contributed by atoms with E-state index in [1.54, 1.807) is 0 Å². The molecule has 1 aliphatic rings. The van der Waals surface area contributed by atoms with Crippen LogP contribution < -0.4 is 0 Å². The lowest BCUT2D eigenvalue weighted by atomic mass is 9.89. The van der Waals surface area contributed by atoms with Crippen LogP contribution in [-0.2, 0) is 28.4 Å². The first-order valence-electron chi connectivity index (χ1n) is 10.4. The van der Waals surface area contributed by atoms with Crippen LogP contribution in [0.4, 0.5) is 19.2 Å². The van der Waals surface area contributed by atoms with E-state index in [0.717, 1.165) is 0 Å². The summed E-state index contributed by atoms with van der Waals surface area (Å²) in [6, 6.07) is 0. The molecule has 12 heteroatoms. The average molecular weight is 464 g/mol. The van der Waals surface area contributed by atoms with E-state index in [0.29, 0.717) is 12.8 Å². The molecular weight excluding hydrogens is 432 g/mol. The molecule has 0 spiro atoms. The summed E-state index contributed by atoms with van der Waals surface area (Å²) >= 11 is 0. The van der Waals surface area contributed by atoms with Crippen molar-refractivity contribution in [3.63, 3.8) is 0 Å². The van der Waals surface area contributed by atoms with Crippen molar-refractivity contribution >= 4 is 24.6 Å². The Hall–Kier alpha value is -2.92. The molecule has 0 aromatic heterocycles. The zero-order chi connectivity index (χ0) is 24.3. The molecule has 0 amide bonds. The third-order valence-corrected chi connectivity index (χ3v) is 4.59. The molecule has 0 heterocycles.